The minimum Gasteiger partial charge on any atom is -0.444 e. The van der Waals surface area contributed by atoms with Crippen LogP contribution in [0.5, 0.6) is 0 Å². The number of alkyl carbamates (subject to hydrolysis) is 1. The Kier molecular flexibility index (Phi) is 4.56. The van der Waals surface area contributed by atoms with Crippen molar-refractivity contribution in [2.75, 3.05) is 13.2 Å². The quantitative estimate of drug-likeness (QED) is 0.930. The van der Waals surface area contributed by atoms with Gasteiger partial charge in [0.2, 0.25) is 0 Å². The summed E-state index contributed by atoms with van der Waals surface area (Å²) in [4.78, 5) is 16.0. The summed E-state index contributed by atoms with van der Waals surface area (Å²) in [7, 11) is 0. The summed E-state index contributed by atoms with van der Waals surface area (Å²) in [5.41, 5.74) is 0.488. The number of aromatic nitrogens is 2. The average Bonchev–Trinajstić information content (AvgIpc) is 2.84. The van der Waals surface area contributed by atoms with E-state index < -0.39 is 11.7 Å². The van der Waals surface area contributed by atoms with Crippen LogP contribution in [-0.2, 0) is 21.6 Å². The summed E-state index contributed by atoms with van der Waals surface area (Å²) in [6.45, 7) is 9.67. The van der Waals surface area contributed by atoms with Gasteiger partial charge in [0.1, 0.15) is 5.60 Å². The van der Waals surface area contributed by atoms with Gasteiger partial charge in [-0.25, -0.2) is 9.78 Å². The van der Waals surface area contributed by atoms with Crippen LogP contribution in [0, 0.1) is 0 Å². The van der Waals surface area contributed by atoms with Crippen molar-refractivity contribution in [2.24, 2.45) is 0 Å². The minimum atomic E-state index is -0.489. The highest BCUT2D eigenvalue weighted by Crippen LogP contribution is 2.29. The van der Waals surface area contributed by atoms with Crippen molar-refractivity contribution in [3.05, 3.63) is 18.2 Å². The Morgan fingerprint density at radius 2 is 2.14 bits per heavy atom. The van der Waals surface area contributed by atoms with E-state index in [1.165, 1.54) is 0 Å². The van der Waals surface area contributed by atoms with E-state index in [0.717, 1.165) is 31.7 Å². The van der Waals surface area contributed by atoms with Gasteiger partial charge in [-0.05, 0) is 40.5 Å². The number of hydrogen-bond acceptors (Lipinski definition) is 4. The zero-order valence-corrected chi connectivity index (χ0v) is 13.3. The normalized spacial score (nSPS) is 18.3. The first-order valence-corrected chi connectivity index (χ1v) is 7.36. The smallest absolute Gasteiger partial charge is 0.407 e. The lowest BCUT2D eigenvalue weighted by molar-refractivity contribution is 0.0278. The number of carbonyl (C=O) groups excluding carboxylic acids is 1. The molecular weight excluding hydrogens is 270 g/mol. The van der Waals surface area contributed by atoms with Crippen LogP contribution in [-0.4, -0.2) is 34.5 Å². The summed E-state index contributed by atoms with van der Waals surface area (Å²) in [6, 6.07) is 0. The maximum Gasteiger partial charge on any atom is 0.407 e. The number of nitrogens with one attached hydrogen (secondary N) is 1. The third-order valence-electron chi connectivity index (χ3n) is 3.68. The Hall–Kier alpha value is -1.56. The predicted molar refractivity (Wildman–Crippen MR) is 79.0 cm³/mol. The minimum absolute atomic E-state index is 0.000302. The van der Waals surface area contributed by atoms with Crippen LogP contribution in [0.2, 0.25) is 0 Å². The van der Waals surface area contributed by atoms with E-state index in [9.17, 15) is 4.79 Å². The second-order valence-electron chi connectivity index (χ2n) is 6.72. The second kappa shape index (κ2) is 6.05. The van der Waals surface area contributed by atoms with E-state index in [1.54, 1.807) is 6.20 Å². The maximum absolute atomic E-state index is 11.7. The number of amides is 1. The monoisotopic (exact) mass is 295 g/mol. The molecule has 1 aliphatic rings. The van der Waals surface area contributed by atoms with E-state index in [-0.39, 0.29) is 5.54 Å². The molecule has 1 N–H and O–H groups in total. The summed E-state index contributed by atoms with van der Waals surface area (Å²) in [5.74, 6) is 0. The van der Waals surface area contributed by atoms with E-state index in [1.807, 2.05) is 27.1 Å². The Morgan fingerprint density at radius 1 is 1.48 bits per heavy atom. The third-order valence-corrected chi connectivity index (χ3v) is 3.68. The molecule has 0 radical (unpaired) electrons. The van der Waals surface area contributed by atoms with Gasteiger partial charge in [0.25, 0.3) is 0 Å². The zero-order valence-electron chi connectivity index (χ0n) is 13.3. The molecule has 0 aromatic carbocycles. The molecular formula is C15H25N3O3. The van der Waals surface area contributed by atoms with Crippen LogP contribution < -0.4 is 5.32 Å². The van der Waals surface area contributed by atoms with Crippen LogP contribution in [0.15, 0.2) is 12.5 Å². The lowest BCUT2D eigenvalue weighted by Crippen LogP contribution is -2.38. The number of imidazole rings is 1. The predicted octanol–water partition coefficient (Wildman–Crippen LogP) is 2.43. The van der Waals surface area contributed by atoms with Gasteiger partial charge < -0.3 is 19.4 Å². The van der Waals surface area contributed by atoms with Crippen molar-refractivity contribution in [1.82, 2.24) is 14.9 Å². The van der Waals surface area contributed by atoms with E-state index in [2.05, 4.69) is 21.8 Å². The molecule has 0 unspecified atom stereocenters. The average molecular weight is 295 g/mol. The lowest BCUT2D eigenvalue weighted by Gasteiger charge is -2.36. The molecule has 1 amide bonds. The first kappa shape index (κ1) is 15.8. The molecule has 1 fully saturated rings. The van der Waals surface area contributed by atoms with Gasteiger partial charge in [-0.2, -0.15) is 0 Å². The number of ether oxygens (including phenoxy) is 2. The van der Waals surface area contributed by atoms with E-state index in [4.69, 9.17) is 9.47 Å². The van der Waals surface area contributed by atoms with Crippen molar-refractivity contribution >= 4 is 6.09 Å². The van der Waals surface area contributed by atoms with Crippen molar-refractivity contribution in [1.29, 1.82) is 0 Å². The summed E-state index contributed by atoms with van der Waals surface area (Å²) in [5, 5.41) is 2.79. The molecule has 0 spiro atoms. The van der Waals surface area contributed by atoms with Crippen molar-refractivity contribution in [3.63, 3.8) is 0 Å². The van der Waals surface area contributed by atoms with Gasteiger partial charge >= 0.3 is 6.09 Å². The number of hydrogen-bond donors (Lipinski definition) is 1. The summed E-state index contributed by atoms with van der Waals surface area (Å²) in [6.07, 6.45) is 5.11. The molecule has 1 saturated heterocycles. The number of rotatable bonds is 3. The Morgan fingerprint density at radius 3 is 2.76 bits per heavy atom. The SMILES string of the molecule is CC(C)(C)OC(=O)NCc1cncn1C1(C)CCOCC1. The molecule has 0 aliphatic carbocycles. The fourth-order valence-corrected chi connectivity index (χ4v) is 2.47. The molecule has 21 heavy (non-hydrogen) atoms. The van der Waals surface area contributed by atoms with Crippen LogP contribution in [0.25, 0.3) is 0 Å². The highest BCUT2D eigenvalue weighted by molar-refractivity contribution is 5.67. The Labute approximate surface area is 125 Å². The molecule has 2 heterocycles. The molecule has 1 aliphatic heterocycles. The molecule has 118 valence electrons. The molecule has 1 aromatic rings. The van der Waals surface area contributed by atoms with Gasteiger partial charge in [0, 0.05) is 24.9 Å². The van der Waals surface area contributed by atoms with Crippen molar-refractivity contribution in [2.45, 2.75) is 58.2 Å². The number of carbonyl (C=O) groups is 1. The summed E-state index contributed by atoms with van der Waals surface area (Å²) < 4.78 is 12.8. The Balaban J connectivity index is 1.99. The Bertz CT molecular complexity index is 485. The topological polar surface area (TPSA) is 65.4 Å². The second-order valence-corrected chi connectivity index (χ2v) is 6.72. The van der Waals surface area contributed by atoms with Crippen molar-refractivity contribution < 1.29 is 14.3 Å². The van der Waals surface area contributed by atoms with Crippen LogP contribution in [0.1, 0.15) is 46.2 Å². The third kappa shape index (κ3) is 4.20. The van der Waals surface area contributed by atoms with E-state index in [0.29, 0.717) is 6.54 Å². The van der Waals surface area contributed by atoms with Crippen LogP contribution >= 0.6 is 0 Å². The van der Waals surface area contributed by atoms with Crippen LogP contribution in [0.3, 0.4) is 0 Å². The highest BCUT2D eigenvalue weighted by Gasteiger charge is 2.30. The lowest BCUT2D eigenvalue weighted by atomic mass is 9.92. The van der Waals surface area contributed by atoms with Gasteiger partial charge in [-0.1, -0.05) is 0 Å². The highest BCUT2D eigenvalue weighted by atomic mass is 16.6. The fourth-order valence-electron chi connectivity index (χ4n) is 2.47. The zero-order chi connectivity index (χ0) is 15.5. The first-order chi connectivity index (χ1) is 9.80. The van der Waals surface area contributed by atoms with Crippen molar-refractivity contribution in [3.8, 4) is 0 Å². The van der Waals surface area contributed by atoms with Gasteiger partial charge in [0.15, 0.2) is 0 Å². The van der Waals surface area contributed by atoms with Gasteiger partial charge in [0.05, 0.1) is 18.6 Å². The molecule has 0 atom stereocenters. The van der Waals surface area contributed by atoms with Gasteiger partial charge in [-0.15, -0.1) is 0 Å². The van der Waals surface area contributed by atoms with Crippen LogP contribution in [0.4, 0.5) is 4.79 Å². The maximum atomic E-state index is 11.7. The number of nitrogens with zero attached hydrogens (tertiary/aromatic N) is 2. The molecule has 6 nitrogen and oxygen atoms in total. The standard InChI is InChI=1S/C15H25N3O3/c1-14(2,3)21-13(19)17-10-12-9-16-11-18(12)15(4)5-7-20-8-6-15/h9,11H,5-8,10H2,1-4H3,(H,17,19). The molecule has 2 rings (SSSR count). The molecule has 1 aromatic heterocycles. The molecule has 0 bridgehead atoms. The molecule has 6 heteroatoms. The summed E-state index contributed by atoms with van der Waals surface area (Å²) >= 11 is 0. The largest absolute Gasteiger partial charge is 0.444 e. The van der Waals surface area contributed by atoms with Gasteiger partial charge in [-0.3, -0.25) is 0 Å². The fraction of sp³-hybridized carbons (Fsp3) is 0.733. The first-order valence-electron chi connectivity index (χ1n) is 7.36. The molecule has 0 saturated carbocycles. The van der Waals surface area contributed by atoms with E-state index >= 15 is 0 Å².